The second kappa shape index (κ2) is 5.31. The Kier molecular flexibility index (Phi) is 3.92. The molecule has 104 valence electrons. The molecule has 3 N–H and O–H groups in total. The van der Waals surface area contributed by atoms with Gasteiger partial charge in [-0.1, -0.05) is 24.3 Å². The summed E-state index contributed by atoms with van der Waals surface area (Å²) in [5, 5.41) is 15.9. The first-order valence-corrected chi connectivity index (χ1v) is 6.70. The average Bonchev–Trinajstić information content (AvgIpc) is 2.37. The molecule has 4 nitrogen and oxygen atoms in total. The van der Waals surface area contributed by atoms with E-state index in [2.05, 4.69) is 10.6 Å². The minimum atomic E-state index is -0.622. The molecule has 0 spiro atoms. The molecule has 0 saturated heterocycles. The van der Waals surface area contributed by atoms with Crippen molar-refractivity contribution in [2.75, 3.05) is 6.54 Å². The van der Waals surface area contributed by atoms with E-state index >= 15 is 0 Å². The summed E-state index contributed by atoms with van der Waals surface area (Å²) >= 11 is 0. The molecule has 4 heteroatoms. The number of benzene rings is 1. The van der Waals surface area contributed by atoms with Gasteiger partial charge in [0, 0.05) is 13.1 Å². The predicted octanol–water partition coefficient (Wildman–Crippen LogP) is 1.15. The summed E-state index contributed by atoms with van der Waals surface area (Å²) in [6.07, 6.45) is -0.594. The van der Waals surface area contributed by atoms with Crippen molar-refractivity contribution in [3.8, 4) is 0 Å². The van der Waals surface area contributed by atoms with Crippen molar-refractivity contribution in [3.63, 3.8) is 0 Å². The first kappa shape index (κ1) is 14.0. The van der Waals surface area contributed by atoms with Crippen molar-refractivity contribution in [1.82, 2.24) is 10.6 Å². The Morgan fingerprint density at radius 3 is 2.84 bits per heavy atom. The molecule has 2 unspecified atom stereocenters. The fourth-order valence-corrected chi connectivity index (χ4v) is 2.24. The van der Waals surface area contributed by atoms with Gasteiger partial charge in [-0.05, 0) is 31.9 Å². The third-order valence-electron chi connectivity index (χ3n) is 3.90. The van der Waals surface area contributed by atoms with Crippen LogP contribution in [0.2, 0.25) is 0 Å². The van der Waals surface area contributed by atoms with Gasteiger partial charge in [-0.25, -0.2) is 0 Å². The number of amides is 1. The minimum Gasteiger partial charge on any atom is -0.391 e. The van der Waals surface area contributed by atoms with Crippen molar-refractivity contribution in [3.05, 3.63) is 35.4 Å². The standard InChI is InChI=1S/C15H22N2O2/c1-10(18)15(2,3)17-14(19)13-9-16-8-11-6-4-5-7-12(11)13/h4-7,10,13,16,18H,8-9H2,1-3H3,(H,17,19). The van der Waals surface area contributed by atoms with Crippen molar-refractivity contribution in [2.24, 2.45) is 0 Å². The zero-order valence-electron chi connectivity index (χ0n) is 11.7. The van der Waals surface area contributed by atoms with Crippen LogP contribution in [0.3, 0.4) is 0 Å². The highest BCUT2D eigenvalue weighted by atomic mass is 16.3. The van der Waals surface area contributed by atoms with Gasteiger partial charge in [0.05, 0.1) is 17.6 Å². The van der Waals surface area contributed by atoms with E-state index < -0.39 is 11.6 Å². The molecule has 1 aromatic carbocycles. The highest BCUT2D eigenvalue weighted by Crippen LogP contribution is 2.24. The van der Waals surface area contributed by atoms with E-state index in [0.717, 1.165) is 12.1 Å². The second-order valence-corrected chi connectivity index (χ2v) is 5.77. The summed E-state index contributed by atoms with van der Waals surface area (Å²) < 4.78 is 0. The fraction of sp³-hybridized carbons (Fsp3) is 0.533. The highest BCUT2D eigenvalue weighted by Gasteiger charge is 2.32. The number of carbonyl (C=O) groups excluding carboxylic acids is 1. The molecule has 0 saturated carbocycles. The van der Waals surface area contributed by atoms with Crippen LogP contribution in [0.4, 0.5) is 0 Å². The lowest BCUT2D eigenvalue weighted by molar-refractivity contribution is -0.125. The monoisotopic (exact) mass is 262 g/mol. The van der Waals surface area contributed by atoms with Crippen LogP contribution in [0.25, 0.3) is 0 Å². The maximum Gasteiger partial charge on any atom is 0.229 e. The summed E-state index contributed by atoms with van der Waals surface area (Å²) in [4.78, 5) is 12.4. The quantitative estimate of drug-likeness (QED) is 0.766. The molecule has 2 atom stereocenters. The van der Waals surface area contributed by atoms with Crippen LogP contribution in [0, 0.1) is 0 Å². The lowest BCUT2D eigenvalue weighted by Crippen LogP contribution is -2.53. The minimum absolute atomic E-state index is 0.0365. The number of hydrogen-bond acceptors (Lipinski definition) is 3. The number of nitrogens with one attached hydrogen (secondary N) is 2. The van der Waals surface area contributed by atoms with E-state index in [0.29, 0.717) is 6.54 Å². The van der Waals surface area contributed by atoms with Gasteiger partial charge in [0.1, 0.15) is 0 Å². The smallest absolute Gasteiger partial charge is 0.229 e. The van der Waals surface area contributed by atoms with Crippen LogP contribution < -0.4 is 10.6 Å². The van der Waals surface area contributed by atoms with E-state index in [1.807, 2.05) is 38.1 Å². The Labute approximate surface area is 114 Å². The van der Waals surface area contributed by atoms with Gasteiger partial charge in [0.15, 0.2) is 0 Å². The van der Waals surface area contributed by atoms with Gasteiger partial charge in [0.25, 0.3) is 0 Å². The second-order valence-electron chi connectivity index (χ2n) is 5.77. The predicted molar refractivity (Wildman–Crippen MR) is 74.8 cm³/mol. The van der Waals surface area contributed by atoms with E-state index in [1.165, 1.54) is 5.56 Å². The molecule has 0 bridgehead atoms. The van der Waals surface area contributed by atoms with Crippen molar-refractivity contribution < 1.29 is 9.90 Å². The molecule has 0 aromatic heterocycles. The van der Waals surface area contributed by atoms with Crippen LogP contribution in [0.1, 0.15) is 37.8 Å². The van der Waals surface area contributed by atoms with Crippen LogP contribution in [-0.2, 0) is 11.3 Å². The van der Waals surface area contributed by atoms with Crippen molar-refractivity contribution in [2.45, 2.75) is 44.9 Å². The summed E-state index contributed by atoms with van der Waals surface area (Å²) in [7, 11) is 0. The summed E-state index contributed by atoms with van der Waals surface area (Å²) in [6, 6.07) is 8.00. The van der Waals surface area contributed by atoms with E-state index in [9.17, 15) is 9.90 Å². The Balaban J connectivity index is 2.18. The lowest BCUT2D eigenvalue weighted by Gasteiger charge is -2.33. The number of carbonyl (C=O) groups is 1. The molecule has 1 heterocycles. The maximum atomic E-state index is 12.4. The highest BCUT2D eigenvalue weighted by molar-refractivity contribution is 5.85. The molecule has 1 aliphatic rings. The topological polar surface area (TPSA) is 61.4 Å². The first-order valence-electron chi connectivity index (χ1n) is 6.70. The van der Waals surface area contributed by atoms with Gasteiger partial charge in [-0.3, -0.25) is 4.79 Å². The molecule has 19 heavy (non-hydrogen) atoms. The first-order chi connectivity index (χ1) is 8.92. The zero-order valence-corrected chi connectivity index (χ0v) is 11.7. The molecule has 1 aliphatic heterocycles. The van der Waals surface area contributed by atoms with Gasteiger partial charge in [-0.2, -0.15) is 0 Å². The number of hydrogen-bond donors (Lipinski definition) is 3. The number of aliphatic hydroxyl groups is 1. The SMILES string of the molecule is CC(O)C(C)(C)NC(=O)C1CNCc2ccccc21. The molecule has 0 fully saturated rings. The van der Waals surface area contributed by atoms with Crippen molar-refractivity contribution >= 4 is 5.91 Å². The number of aliphatic hydroxyl groups excluding tert-OH is 1. The molecule has 1 amide bonds. The third-order valence-corrected chi connectivity index (χ3v) is 3.90. The number of fused-ring (bicyclic) bond motifs is 1. The molecule has 2 rings (SSSR count). The molecule has 0 aliphatic carbocycles. The lowest BCUT2D eigenvalue weighted by atomic mass is 9.88. The summed E-state index contributed by atoms with van der Waals surface area (Å²) in [6.45, 7) is 6.79. The Bertz CT molecular complexity index is 469. The maximum absolute atomic E-state index is 12.4. The Hall–Kier alpha value is -1.39. The average molecular weight is 262 g/mol. The number of rotatable bonds is 3. The Morgan fingerprint density at radius 2 is 2.16 bits per heavy atom. The third kappa shape index (κ3) is 2.96. The van der Waals surface area contributed by atoms with E-state index in [1.54, 1.807) is 6.92 Å². The molecular weight excluding hydrogens is 240 g/mol. The van der Waals surface area contributed by atoms with Crippen LogP contribution in [-0.4, -0.2) is 29.2 Å². The van der Waals surface area contributed by atoms with Gasteiger partial charge in [-0.15, -0.1) is 0 Å². The largest absolute Gasteiger partial charge is 0.391 e. The molecule has 0 radical (unpaired) electrons. The zero-order chi connectivity index (χ0) is 14.0. The van der Waals surface area contributed by atoms with E-state index in [-0.39, 0.29) is 11.8 Å². The van der Waals surface area contributed by atoms with E-state index in [4.69, 9.17) is 0 Å². The van der Waals surface area contributed by atoms with Crippen molar-refractivity contribution in [1.29, 1.82) is 0 Å². The Morgan fingerprint density at radius 1 is 1.47 bits per heavy atom. The van der Waals surface area contributed by atoms with Gasteiger partial charge >= 0.3 is 0 Å². The normalized spacial score (nSPS) is 20.5. The van der Waals surface area contributed by atoms with Crippen LogP contribution >= 0.6 is 0 Å². The summed E-state index contributed by atoms with van der Waals surface area (Å²) in [5.74, 6) is -0.228. The van der Waals surface area contributed by atoms with Gasteiger partial charge < -0.3 is 15.7 Å². The summed E-state index contributed by atoms with van der Waals surface area (Å²) in [5.41, 5.74) is 1.63. The van der Waals surface area contributed by atoms with Crippen LogP contribution in [0.5, 0.6) is 0 Å². The molecule has 1 aromatic rings. The van der Waals surface area contributed by atoms with Crippen LogP contribution in [0.15, 0.2) is 24.3 Å². The van der Waals surface area contributed by atoms with Gasteiger partial charge in [0.2, 0.25) is 5.91 Å². The molecular formula is C15H22N2O2. The fourth-order valence-electron chi connectivity index (χ4n) is 2.24.